The molecule has 118 valence electrons. The molecule has 6 heteroatoms. The van der Waals surface area contributed by atoms with Gasteiger partial charge in [0.15, 0.2) is 0 Å². The van der Waals surface area contributed by atoms with Gasteiger partial charge in [-0.1, -0.05) is 38.0 Å². The van der Waals surface area contributed by atoms with E-state index in [9.17, 15) is 13.2 Å². The van der Waals surface area contributed by atoms with Gasteiger partial charge in [-0.05, 0) is 25.5 Å². The van der Waals surface area contributed by atoms with Crippen molar-refractivity contribution in [2.24, 2.45) is 5.92 Å². The number of unbranched alkanes of at least 4 members (excludes halogenated alkanes) is 1. The molecular formula is C15H24N2O3S. The lowest BCUT2D eigenvalue weighted by molar-refractivity contribution is -0.123. The van der Waals surface area contributed by atoms with Crippen LogP contribution in [0.4, 0.5) is 5.69 Å². The number of sulfonamides is 1. The Morgan fingerprint density at radius 2 is 1.86 bits per heavy atom. The maximum Gasteiger partial charge on any atom is 0.233 e. The highest BCUT2D eigenvalue weighted by molar-refractivity contribution is 7.92. The normalized spacial score (nSPS) is 12.7. The summed E-state index contributed by atoms with van der Waals surface area (Å²) in [5.74, 6) is -1.03. The fourth-order valence-corrected chi connectivity index (χ4v) is 3.20. The molecule has 0 saturated carbocycles. The average Bonchev–Trinajstić information content (AvgIpc) is 2.40. The van der Waals surface area contributed by atoms with Crippen molar-refractivity contribution in [3.05, 3.63) is 29.8 Å². The molecule has 0 fully saturated rings. The number of hydrogen-bond donors (Lipinski definition) is 2. The predicted molar refractivity (Wildman–Crippen MR) is 85.7 cm³/mol. The lowest BCUT2D eigenvalue weighted by Gasteiger charge is -2.14. The molecular weight excluding hydrogens is 288 g/mol. The Balaban J connectivity index is 2.55. The van der Waals surface area contributed by atoms with Crippen LogP contribution in [0.25, 0.3) is 0 Å². The number of anilines is 1. The Bertz CT molecular complexity index is 553. The van der Waals surface area contributed by atoms with Gasteiger partial charge in [0.25, 0.3) is 0 Å². The summed E-state index contributed by atoms with van der Waals surface area (Å²) in [5, 5.41) is 2.75. The number of amides is 1. The summed E-state index contributed by atoms with van der Waals surface area (Å²) in [6.45, 7) is 6.17. The molecule has 1 aromatic carbocycles. The minimum atomic E-state index is -3.53. The van der Waals surface area contributed by atoms with Crippen LogP contribution in [0.1, 0.15) is 32.3 Å². The van der Waals surface area contributed by atoms with E-state index in [1.807, 2.05) is 26.0 Å². The minimum absolute atomic E-state index is 0.223. The van der Waals surface area contributed by atoms with Gasteiger partial charge in [-0.2, -0.15) is 0 Å². The molecule has 0 heterocycles. The van der Waals surface area contributed by atoms with Gasteiger partial charge < -0.3 is 5.32 Å². The molecule has 1 atom stereocenters. The molecule has 0 aliphatic heterocycles. The fraction of sp³-hybridized carbons (Fsp3) is 0.533. The molecule has 1 amide bonds. The van der Waals surface area contributed by atoms with E-state index in [4.69, 9.17) is 0 Å². The molecule has 0 saturated heterocycles. The van der Waals surface area contributed by atoms with Crippen LogP contribution in [0.2, 0.25) is 0 Å². The van der Waals surface area contributed by atoms with Gasteiger partial charge in [0.05, 0.1) is 11.7 Å². The standard InChI is InChI=1S/C15H24N2O3S/c1-4-5-10-16-15(18)13(3)11-21(19,20)17-14-8-6-12(2)7-9-14/h6-9,13,17H,4-5,10-11H2,1-3H3,(H,16,18). The third kappa shape index (κ3) is 6.62. The number of hydrogen-bond acceptors (Lipinski definition) is 3. The lowest BCUT2D eigenvalue weighted by Crippen LogP contribution is -2.35. The number of aryl methyl sites for hydroxylation is 1. The highest BCUT2D eigenvalue weighted by Crippen LogP contribution is 2.12. The first kappa shape index (κ1) is 17.5. The van der Waals surface area contributed by atoms with E-state index in [2.05, 4.69) is 10.0 Å². The average molecular weight is 312 g/mol. The molecule has 0 radical (unpaired) electrons. The van der Waals surface area contributed by atoms with Crippen molar-refractivity contribution in [1.29, 1.82) is 0 Å². The zero-order valence-corrected chi connectivity index (χ0v) is 13.7. The van der Waals surface area contributed by atoms with E-state index in [-0.39, 0.29) is 11.7 Å². The van der Waals surface area contributed by atoms with E-state index in [1.165, 1.54) is 0 Å². The van der Waals surface area contributed by atoms with Crippen molar-refractivity contribution in [2.75, 3.05) is 17.0 Å². The quantitative estimate of drug-likeness (QED) is 0.723. The Morgan fingerprint density at radius 1 is 1.24 bits per heavy atom. The van der Waals surface area contributed by atoms with Crippen molar-refractivity contribution in [1.82, 2.24) is 5.32 Å². The third-order valence-electron chi connectivity index (χ3n) is 3.07. The number of carbonyl (C=O) groups excluding carboxylic acids is 1. The van der Waals surface area contributed by atoms with Crippen molar-refractivity contribution >= 4 is 21.6 Å². The van der Waals surface area contributed by atoms with Crippen molar-refractivity contribution < 1.29 is 13.2 Å². The summed E-state index contributed by atoms with van der Waals surface area (Å²) in [4.78, 5) is 11.8. The molecule has 0 spiro atoms. The topological polar surface area (TPSA) is 75.3 Å². The second kappa shape index (κ2) is 8.02. The maximum atomic E-state index is 12.0. The van der Waals surface area contributed by atoms with Crippen molar-refractivity contribution in [3.63, 3.8) is 0 Å². The molecule has 5 nitrogen and oxygen atoms in total. The number of benzene rings is 1. The molecule has 21 heavy (non-hydrogen) atoms. The van der Waals surface area contributed by atoms with Crippen molar-refractivity contribution in [3.8, 4) is 0 Å². The van der Waals surface area contributed by atoms with E-state index >= 15 is 0 Å². The molecule has 1 unspecified atom stereocenters. The molecule has 1 rings (SSSR count). The van der Waals surface area contributed by atoms with Crippen LogP contribution in [0, 0.1) is 12.8 Å². The molecule has 1 aromatic rings. The first-order valence-corrected chi connectivity index (χ1v) is 8.84. The van der Waals surface area contributed by atoms with E-state index in [0.717, 1.165) is 18.4 Å². The van der Waals surface area contributed by atoms with Crippen molar-refractivity contribution in [2.45, 2.75) is 33.6 Å². The van der Waals surface area contributed by atoms with Crippen LogP contribution in [0.15, 0.2) is 24.3 Å². The molecule has 0 aliphatic rings. The van der Waals surface area contributed by atoms with Crippen LogP contribution in [0.3, 0.4) is 0 Å². The van der Waals surface area contributed by atoms with Crippen LogP contribution >= 0.6 is 0 Å². The monoisotopic (exact) mass is 312 g/mol. The molecule has 0 bridgehead atoms. The van der Waals surface area contributed by atoms with Gasteiger partial charge in [-0.3, -0.25) is 9.52 Å². The number of nitrogens with one attached hydrogen (secondary N) is 2. The zero-order chi connectivity index (χ0) is 15.9. The van der Waals surface area contributed by atoms with E-state index in [1.54, 1.807) is 19.1 Å². The van der Waals surface area contributed by atoms with Gasteiger partial charge in [0, 0.05) is 12.2 Å². The summed E-state index contributed by atoms with van der Waals surface area (Å²) < 4.78 is 26.6. The van der Waals surface area contributed by atoms with Gasteiger partial charge in [0.1, 0.15) is 0 Å². The molecule has 2 N–H and O–H groups in total. The predicted octanol–water partition coefficient (Wildman–Crippen LogP) is 2.29. The molecule has 0 aliphatic carbocycles. The highest BCUT2D eigenvalue weighted by Gasteiger charge is 2.21. The fourth-order valence-electron chi connectivity index (χ4n) is 1.81. The summed E-state index contributed by atoms with van der Waals surface area (Å²) in [7, 11) is -3.53. The highest BCUT2D eigenvalue weighted by atomic mass is 32.2. The SMILES string of the molecule is CCCCNC(=O)C(C)CS(=O)(=O)Nc1ccc(C)cc1. The van der Waals surface area contributed by atoms with E-state index < -0.39 is 15.9 Å². The summed E-state index contributed by atoms with van der Waals surface area (Å²) in [6, 6.07) is 7.08. The first-order chi connectivity index (χ1) is 9.84. The van der Waals surface area contributed by atoms with Crippen LogP contribution in [-0.2, 0) is 14.8 Å². The Labute approximate surface area is 127 Å². The third-order valence-corrected chi connectivity index (χ3v) is 4.56. The summed E-state index contributed by atoms with van der Waals surface area (Å²) in [5.41, 5.74) is 1.57. The second-order valence-corrected chi connectivity index (χ2v) is 7.06. The maximum absolute atomic E-state index is 12.0. The number of carbonyl (C=O) groups is 1. The van der Waals surface area contributed by atoms with Gasteiger partial charge in [-0.25, -0.2) is 8.42 Å². The lowest BCUT2D eigenvalue weighted by atomic mass is 10.2. The van der Waals surface area contributed by atoms with Crippen LogP contribution < -0.4 is 10.0 Å². The largest absolute Gasteiger partial charge is 0.356 e. The Kier molecular flexibility index (Phi) is 6.68. The van der Waals surface area contributed by atoms with Gasteiger partial charge >= 0.3 is 0 Å². The minimum Gasteiger partial charge on any atom is -0.356 e. The second-order valence-electron chi connectivity index (χ2n) is 5.30. The Morgan fingerprint density at radius 3 is 2.43 bits per heavy atom. The van der Waals surface area contributed by atoms with Crippen LogP contribution in [0.5, 0.6) is 0 Å². The number of rotatable bonds is 8. The van der Waals surface area contributed by atoms with Gasteiger partial charge in [0.2, 0.25) is 15.9 Å². The summed E-state index contributed by atoms with van der Waals surface area (Å²) in [6.07, 6.45) is 1.88. The van der Waals surface area contributed by atoms with E-state index in [0.29, 0.717) is 12.2 Å². The zero-order valence-electron chi connectivity index (χ0n) is 12.8. The molecule has 0 aromatic heterocycles. The summed E-state index contributed by atoms with van der Waals surface area (Å²) >= 11 is 0. The van der Waals surface area contributed by atoms with Gasteiger partial charge in [-0.15, -0.1) is 0 Å². The smallest absolute Gasteiger partial charge is 0.233 e. The Hall–Kier alpha value is -1.56. The first-order valence-electron chi connectivity index (χ1n) is 7.19. The van der Waals surface area contributed by atoms with Crippen LogP contribution in [-0.4, -0.2) is 26.6 Å².